The minimum Gasteiger partial charge on any atom is -0.371 e. The molecule has 0 atom stereocenters. The van der Waals surface area contributed by atoms with Gasteiger partial charge < -0.3 is 4.74 Å². The first kappa shape index (κ1) is 12.7. The van der Waals surface area contributed by atoms with Crippen molar-refractivity contribution in [2.24, 2.45) is 0 Å². The van der Waals surface area contributed by atoms with Crippen molar-refractivity contribution in [1.29, 1.82) is 0 Å². The molecule has 0 aliphatic heterocycles. The zero-order chi connectivity index (χ0) is 12.3. The second-order valence-corrected chi connectivity index (χ2v) is 5.28. The van der Waals surface area contributed by atoms with Crippen molar-refractivity contribution >= 4 is 27.3 Å². The van der Waals surface area contributed by atoms with Crippen molar-refractivity contribution in [2.75, 3.05) is 0 Å². The summed E-state index contributed by atoms with van der Waals surface area (Å²) >= 11 is 4.56. The molecule has 2 rings (SSSR count). The number of benzene rings is 1. The fourth-order valence-electron chi connectivity index (χ4n) is 1.35. The second kappa shape index (κ2) is 5.71. The zero-order valence-electron chi connectivity index (χ0n) is 8.75. The molecule has 0 saturated heterocycles. The molecule has 1 aromatic carbocycles. The van der Waals surface area contributed by atoms with E-state index in [0.29, 0.717) is 6.61 Å². The van der Waals surface area contributed by atoms with Crippen molar-refractivity contribution in [3.63, 3.8) is 0 Å². The van der Waals surface area contributed by atoms with Crippen LogP contribution in [0, 0.1) is 11.6 Å². The third-order valence-corrected chi connectivity index (χ3v) is 3.67. The van der Waals surface area contributed by atoms with E-state index in [2.05, 4.69) is 15.9 Å². The summed E-state index contributed by atoms with van der Waals surface area (Å²) in [4.78, 5) is 1.03. The molecule has 17 heavy (non-hydrogen) atoms. The first-order valence-corrected chi connectivity index (χ1v) is 6.58. The molecule has 90 valence electrons. The summed E-state index contributed by atoms with van der Waals surface area (Å²) in [5.74, 6) is -1.19. The van der Waals surface area contributed by atoms with Gasteiger partial charge in [-0.1, -0.05) is 6.07 Å². The highest BCUT2D eigenvalue weighted by molar-refractivity contribution is 9.10. The molecule has 2 aromatic rings. The van der Waals surface area contributed by atoms with Gasteiger partial charge in [0.05, 0.1) is 23.2 Å². The average Bonchev–Trinajstić information content (AvgIpc) is 2.81. The number of ether oxygens (including phenoxy) is 1. The molecule has 0 aliphatic rings. The van der Waals surface area contributed by atoms with Crippen LogP contribution in [0.4, 0.5) is 8.78 Å². The predicted octanol–water partition coefficient (Wildman–Crippen LogP) is 4.51. The van der Waals surface area contributed by atoms with Crippen LogP contribution in [0.1, 0.15) is 10.4 Å². The summed E-state index contributed by atoms with van der Waals surface area (Å²) in [6, 6.07) is 6.38. The van der Waals surface area contributed by atoms with Gasteiger partial charge in [-0.2, -0.15) is 0 Å². The Morgan fingerprint density at radius 2 is 2.00 bits per heavy atom. The minimum atomic E-state index is -0.601. The maximum atomic E-state index is 13.6. The normalized spacial score (nSPS) is 10.8. The third-order valence-electron chi connectivity index (χ3n) is 2.21. The molecular formula is C12H9BrF2OS. The first-order chi connectivity index (χ1) is 8.18. The minimum absolute atomic E-state index is 0.0454. The van der Waals surface area contributed by atoms with Crippen molar-refractivity contribution < 1.29 is 13.5 Å². The van der Waals surface area contributed by atoms with Crippen LogP contribution in [0.2, 0.25) is 0 Å². The van der Waals surface area contributed by atoms with E-state index in [1.807, 2.05) is 17.5 Å². The van der Waals surface area contributed by atoms with Gasteiger partial charge in [0, 0.05) is 4.88 Å². The van der Waals surface area contributed by atoms with Crippen molar-refractivity contribution in [3.05, 3.63) is 56.2 Å². The van der Waals surface area contributed by atoms with E-state index in [9.17, 15) is 8.78 Å². The third kappa shape index (κ3) is 3.12. The smallest absolute Gasteiger partial charge is 0.145 e. The molecule has 0 bridgehead atoms. The van der Waals surface area contributed by atoms with E-state index in [1.54, 1.807) is 11.3 Å². The lowest BCUT2D eigenvalue weighted by atomic mass is 10.2. The number of hydrogen-bond acceptors (Lipinski definition) is 2. The maximum Gasteiger partial charge on any atom is 0.145 e. The molecule has 0 amide bonds. The first-order valence-electron chi connectivity index (χ1n) is 4.91. The summed E-state index contributed by atoms with van der Waals surface area (Å²) in [5.41, 5.74) is -0.0454. The Balaban J connectivity index is 2.01. The second-order valence-electron chi connectivity index (χ2n) is 3.39. The fraction of sp³-hybridized carbons (Fsp3) is 0.167. The molecular weight excluding hydrogens is 310 g/mol. The molecule has 0 unspecified atom stereocenters. The van der Waals surface area contributed by atoms with Crippen LogP contribution >= 0.6 is 27.3 Å². The summed E-state index contributed by atoms with van der Waals surface area (Å²) in [7, 11) is 0. The van der Waals surface area contributed by atoms with Gasteiger partial charge in [0.2, 0.25) is 0 Å². The van der Waals surface area contributed by atoms with Gasteiger partial charge in [-0.05, 0) is 39.5 Å². The molecule has 1 aromatic heterocycles. The van der Waals surface area contributed by atoms with Gasteiger partial charge in [0.1, 0.15) is 11.6 Å². The lowest BCUT2D eigenvalue weighted by Crippen LogP contribution is -2.00. The molecule has 1 nitrogen and oxygen atoms in total. The van der Waals surface area contributed by atoms with Crippen molar-refractivity contribution in [1.82, 2.24) is 0 Å². The van der Waals surface area contributed by atoms with E-state index in [-0.39, 0.29) is 16.6 Å². The van der Waals surface area contributed by atoms with Gasteiger partial charge in [0.25, 0.3) is 0 Å². The summed E-state index contributed by atoms with van der Waals surface area (Å²) in [6.07, 6.45) is 0. The summed E-state index contributed by atoms with van der Waals surface area (Å²) in [6.45, 7) is 0.290. The number of halogens is 3. The maximum absolute atomic E-state index is 13.6. The molecule has 0 fully saturated rings. The number of thiophene rings is 1. The highest BCUT2D eigenvalue weighted by Crippen LogP contribution is 2.22. The largest absolute Gasteiger partial charge is 0.371 e. The van der Waals surface area contributed by atoms with Crippen LogP contribution in [-0.4, -0.2) is 0 Å². The topological polar surface area (TPSA) is 9.23 Å². The number of hydrogen-bond donors (Lipinski definition) is 0. The predicted molar refractivity (Wildman–Crippen MR) is 66.9 cm³/mol. The van der Waals surface area contributed by atoms with Gasteiger partial charge in [0.15, 0.2) is 0 Å². The monoisotopic (exact) mass is 318 g/mol. The van der Waals surface area contributed by atoms with Crippen LogP contribution in [0.25, 0.3) is 0 Å². The Kier molecular flexibility index (Phi) is 4.25. The van der Waals surface area contributed by atoms with E-state index in [0.717, 1.165) is 4.88 Å². The molecule has 0 spiro atoms. The Hall–Kier alpha value is -0.780. The van der Waals surface area contributed by atoms with E-state index >= 15 is 0 Å². The van der Waals surface area contributed by atoms with Gasteiger partial charge in [-0.3, -0.25) is 0 Å². The van der Waals surface area contributed by atoms with Crippen LogP contribution < -0.4 is 0 Å². The van der Waals surface area contributed by atoms with Crippen LogP contribution in [0.15, 0.2) is 34.1 Å². The average molecular weight is 319 g/mol. The molecule has 0 saturated carbocycles. The van der Waals surface area contributed by atoms with Crippen LogP contribution in [-0.2, 0) is 18.0 Å². The van der Waals surface area contributed by atoms with Crippen LogP contribution in [0.3, 0.4) is 0 Å². The van der Waals surface area contributed by atoms with Crippen molar-refractivity contribution in [2.45, 2.75) is 13.2 Å². The number of rotatable bonds is 4. The Morgan fingerprint density at radius 1 is 1.18 bits per heavy atom. The summed E-state index contributed by atoms with van der Waals surface area (Å²) in [5, 5.41) is 1.93. The highest BCUT2D eigenvalue weighted by atomic mass is 79.9. The van der Waals surface area contributed by atoms with Crippen LogP contribution in [0.5, 0.6) is 0 Å². The van der Waals surface area contributed by atoms with E-state index in [4.69, 9.17) is 4.74 Å². The van der Waals surface area contributed by atoms with Gasteiger partial charge in [-0.25, -0.2) is 8.78 Å². The quantitative estimate of drug-likeness (QED) is 0.754. The lowest BCUT2D eigenvalue weighted by molar-refractivity contribution is 0.104. The SMILES string of the molecule is Fc1ccc(Br)c(F)c1COCc1cccs1. The zero-order valence-corrected chi connectivity index (χ0v) is 11.2. The van der Waals surface area contributed by atoms with Crippen molar-refractivity contribution in [3.8, 4) is 0 Å². The van der Waals surface area contributed by atoms with Gasteiger partial charge >= 0.3 is 0 Å². The molecule has 0 aliphatic carbocycles. The van der Waals surface area contributed by atoms with E-state index in [1.165, 1.54) is 12.1 Å². The molecule has 0 radical (unpaired) electrons. The Labute approximate surface area is 110 Å². The molecule has 1 heterocycles. The molecule has 5 heteroatoms. The summed E-state index contributed by atoms with van der Waals surface area (Å²) < 4.78 is 32.5. The Bertz CT molecular complexity index is 499. The lowest BCUT2D eigenvalue weighted by Gasteiger charge is -2.07. The molecule has 0 N–H and O–H groups in total. The van der Waals surface area contributed by atoms with Gasteiger partial charge in [-0.15, -0.1) is 11.3 Å². The fourth-order valence-corrected chi connectivity index (χ4v) is 2.36. The highest BCUT2D eigenvalue weighted by Gasteiger charge is 2.12. The Morgan fingerprint density at radius 3 is 2.71 bits per heavy atom. The standard InChI is InChI=1S/C12H9BrF2OS/c13-10-3-4-11(14)9(12(10)15)7-16-6-8-2-1-5-17-8/h1-5H,6-7H2. The van der Waals surface area contributed by atoms with E-state index < -0.39 is 11.6 Å².